The quantitative estimate of drug-likeness (QED) is 0.528. The Kier molecular flexibility index (Phi) is 4.53. The molecule has 4 nitrogen and oxygen atoms in total. The summed E-state index contributed by atoms with van der Waals surface area (Å²) in [6.07, 6.45) is 0.854. The van der Waals surface area contributed by atoms with Crippen LogP contribution in [0.2, 0.25) is 10.0 Å². The molecule has 2 atom stereocenters. The Morgan fingerprint density at radius 3 is 2.31 bits per heavy atom. The van der Waals surface area contributed by atoms with Crippen LogP contribution >= 0.6 is 23.2 Å². The molecule has 0 aromatic heterocycles. The molecule has 1 heterocycles. The molecule has 0 radical (unpaired) electrons. The van der Waals surface area contributed by atoms with E-state index in [0.29, 0.717) is 15.7 Å². The number of carbonyl (C=O) groups is 1. The van der Waals surface area contributed by atoms with Crippen LogP contribution in [0.3, 0.4) is 0 Å². The lowest BCUT2D eigenvalue weighted by Crippen LogP contribution is -2.34. The first-order valence-electron chi connectivity index (χ1n) is 9.38. The standard InChI is InChI=1S/C23H17Cl2N3O/c24-16-7-5-14(6-8-16)22-20-13-15-3-1-2-4-19(15)21(20)27-28(22)23(29)26-18-11-9-17(25)10-12-18/h1-12,20,22H,13H2,(H,26,29)/t20-,22+/m0/s1. The molecule has 2 amide bonds. The third-order valence-corrected chi connectivity index (χ3v) is 5.96. The number of amides is 2. The van der Waals surface area contributed by atoms with E-state index in [1.165, 1.54) is 5.56 Å². The van der Waals surface area contributed by atoms with Crippen molar-refractivity contribution in [1.82, 2.24) is 5.01 Å². The maximum atomic E-state index is 13.1. The summed E-state index contributed by atoms with van der Waals surface area (Å²) >= 11 is 12.0. The minimum Gasteiger partial charge on any atom is -0.306 e. The van der Waals surface area contributed by atoms with Gasteiger partial charge in [-0.25, -0.2) is 9.80 Å². The van der Waals surface area contributed by atoms with Gasteiger partial charge in [0.05, 0.1) is 11.8 Å². The van der Waals surface area contributed by atoms with Crippen LogP contribution in [0, 0.1) is 5.92 Å². The van der Waals surface area contributed by atoms with Crippen molar-refractivity contribution in [3.8, 4) is 0 Å². The van der Waals surface area contributed by atoms with Crippen molar-refractivity contribution in [3.63, 3.8) is 0 Å². The monoisotopic (exact) mass is 421 g/mol. The van der Waals surface area contributed by atoms with E-state index in [1.54, 1.807) is 29.3 Å². The van der Waals surface area contributed by atoms with Crippen LogP contribution < -0.4 is 5.32 Å². The second-order valence-electron chi connectivity index (χ2n) is 7.23. The molecule has 0 saturated heterocycles. The number of rotatable bonds is 2. The predicted octanol–water partition coefficient (Wildman–Crippen LogP) is 6.16. The molecule has 0 fully saturated rings. The summed E-state index contributed by atoms with van der Waals surface area (Å²) in [5.41, 5.74) is 5.04. The molecule has 1 aliphatic carbocycles. The maximum absolute atomic E-state index is 13.1. The summed E-state index contributed by atoms with van der Waals surface area (Å²) in [6.45, 7) is 0. The second-order valence-corrected chi connectivity index (χ2v) is 8.10. The predicted molar refractivity (Wildman–Crippen MR) is 117 cm³/mol. The van der Waals surface area contributed by atoms with Gasteiger partial charge in [-0.15, -0.1) is 0 Å². The molecular formula is C23H17Cl2N3O. The molecule has 0 unspecified atom stereocenters. The summed E-state index contributed by atoms with van der Waals surface area (Å²) in [5.74, 6) is 0.115. The van der Waals surface area contributed by atoms with E-state index < -0.39 is 0 Å². The number of anilines is 1. The highest BCUT2D eigenvalue weighted by Crippen LogP contribution is 2.44. The Labute approximate surface area is 178 Å². The number of hydrogen-bond acceptors (Lipinski definition) is 2. The summed E-state index contributed by atoms with van der Waals surface area (Å²) in [7, 11) is 0. The normalized spacial score (nSPS) is 19.5. The van der Waals surface area contributed by atoms with Gasteiger partial charge in [-0.05, 0) is 53.9 Å². The number of fused-ring (bicyclic) bond motifs is 3. The Morgan fingerprint density at radius 1 is 0.931 bits per heavy atom. The molecule has 2 aliphatic rings. The van der Waals surface area contributed by atoms with E-state index in [0.717, 1.165) is 23.3 Å². The molecule has 0 saturated carbocycles. The lowest BCUT2D eigenvalue weighted by atomic mass is 9.90. The maximum Gasteiger partial charge on any atom is 0.342 e. The van der Waals surface area contributed by atoms with Gasteiger partial charge in [-0.3, -0.25) is 0 Å². The average molecular weight is 422 g/mol. The van der Waals surface area contributed by atoms with Crippen LogP contribution in [0.5, 0.6) is 0 Å². The van der Waals surface area contributed by atoms with E-state index in [2.05, 4.69) is 17.4 Å². The molecule has 0 bridgehead atoms. The lowest BCUT2D eigenvalue weighted by Gasteiger charge is -2.26. The van der Waals surface area contributed by atoms with E-state index in [4.69, 9.17) is 28.3 Å². The number of urea groups is 1. The van der Waals surface area contributed by atoms with E-state index >= 15 is 0 Å². The van der Waals surface area contributed by atoms with Gasteiger partial charge >= 0.3 is 6.03 Å². The number of nitrogens with zero attached hydrogens (tertiary/aromatic N) is 2. The van der Waals surface area contributed by atoms with Crippen LogP contribution in [0.25, 0.3) is 0 Å². The van der Waals surface area contributed by atoms with Gasteiger partial charge in [0.15, 0.2) is 0 Å². The van der Waals surface area contributed by atoms with Crippen molar-refractivity contribution in [3.05, 3.63) is 99.5 Å². The zero-order valence-electron chi connectivity index (χ0n) is 15.3. The van der Waals surface area contributed by atoms with Crippen LogP contribution in [0.15, 0.2) is 77.9 Å². The molecular weight excluding hydrogens is 405 g/mol. The summed E-state index contributed by atoms with van der Waals surface area (Å²) < 4.78 is 0. The zero-order chi connectivity index (χ0) is 20.0. The Balaban J connectivity index is 1.52. The largest absolute Gasteiger partial charge is 0.342 e. The van der Waals surface area contributed by atoms with Crippen LogP contribution in [-0.4, -0.2) is 16.8 Å². The van der Waals surface area contributed by atoms with Crippen molar-refractivity contribution < 1.29 is 4.79 Å². The Bertz CT molecular complexity index is 1110. The smallest absolute Gasteiger partial charge is 0.306 e. The molecule has 1 N–H and O–H groups in total. The minimum atomic E-state index is -0.272. The molecule has 3 aromatic carbocycles. The van der Waals surface area contributed by atoms with Crippen LogP contribution in [-0.2, 0) is 6.42 Å². The molecule has 144 valence electrons. The summed E-state index contributed by atoms with van der Waals surface area (Å²) in [5, 5.41) is 10.5. The van der Waals surface area contributed by atoms with E-state index in [9.17, 15) is 4.79 Å². The van der Waals surface area contributed by atoms with Gasteiger partial charge in [-0.1, -0.05) is 59.6 Å². The second kappa shape index (κ2) is 7.21. The zero-order valence-corrected chi connectivity index (χ0v) is 16.9. The van der Waals surface area contributed by atoms with E-state index in [-0.39, 0.29) is 18.0 Å². The van der Waals surface area contributed by atoms with Gasteiger partial charge in [0.1, 0.15) is 0 Å². The Hall–Kier alpha value is -2.82. The number of hydrogen-bond donors (Lipinski definition) is 1. The van der Waals surface area contributed by atoms with Crippen molar-refractivity contribution in [1.29, 1.82) is 0 Å². The highest BCUT2D eigenvalue weighted by atomic mass is 35.5. The first-order chi connectivity index (χ1) is 14.1. The van der Waals surface area contributed by atoms with Gasteiger partial charge in [0.2, 0.25) is 0 Å². The number of nitrogens with one attached hydrogen (secondary N) is 1. The number of benzene rings is 3. The average Bonchev–Trinajstić information content (AvgIpc) is 3.27. The molecule has 0 spiro atoms. The van der Waals surface area contributed by atoms with Gasteiger partial charge in [0.25, 0.3) is 0 Å². The highest BCUT2D eigenvalue weighted by molar-refractivity contribution is 6.30. The van der Waals surface area contributed by atoms with Crippen molar-refractivity contribution in [2.24, 2.45) is 11.0 Å². The fourth-order valence-electron chi connectivity index (χ4n) is 4.14. The van der Waals surface area contributed by atoms with Gasteiger partial charge in [-0.2, -0.15) is 5.10 Å². The van der Waals surface area contributed by atoms with Crippen LogP contribution in [0.4, 0.5) is 10.5 Å². The van der Waals surface area contributed by atoms with Crippen molar-refractivity contribution in [2.45, 2.75) is 12.5 Å². The molecule has 3 aromatic rings. The van der Waals surface area contributed by atoms with Gasteiger partial charge in [0, 0.05) is 27.2 Å². The van der Waals surface area contributed by atoms with Crippen molar-refractivity contribution >= 4 is 40.6 Å². The highest BCUT2D eigenvalue weighted by Gasteiger charge is 2.45. The minimum absolute atomic E-state index is 0.115. The number of carbonyl (C=O) groups excluding carboxylic acids is 1. The molecule has 29 heavy (non-hydrogen) atoms. The molecule has 5 rings (SSSR count). The van der Waals surface area contributed by atoms with Gasteiger partial charge < -0.3 is 5.32 Å². The topological polar surface area (TPSA) is 44.7 Å². The van der Waals surface area contributed by atoms with Crippen molar-refractivity contribution in [2.75, 3.05) is 5.32 Å². The summed E-state index contributed by atoms with van der Waals surface area (Å²) in [4.78, 5) is 13.1. The van der Waals surface area contributed by atoms with Crippen LogP contribution in [0.1, 0.15) is 22.7 Å². The SMILES string of the molecule is O=C(Nc1ccc(Cl)cc1)N1N=C2c3ccccc3C[C@@H]2[C@H]1c1ccc(Cl)cc1. The Morgan fingerprint density at radius 2 is 1.59 bits per heavy atom. The fourth-order valence-corrected chi connectivity index (χ4v) is 4.39. The number of halogens is 2. The third kappa shape index (κ3) is 3.28. The molecule has 6 heteroatoms. The lowest BCUT2D eigenvalue weighted by molar-refractivity contribution is 0.190. The molecule has 1 aliphatic heterocycles. The third-order valence-electron chi connectivity index (χ3n) is 5.46. The first-order valence-corrected chi connectivity index (χ1v) is 10.1. The number of hydrazone groups is 1. The first kappa shape index (κ1) is 18.2. The summed E-state index contributed by atoms with van der Waals surface area (Å²) in [6, 6.07) is 22.5. The fraction of sp³-hybridized carbons (Fsp3) is 0.130. The van der Waals surface area contributed by atoms with E-state index in [1.807, 2.05) is 36.4 Å².